The van der Waals surface area contributed by atoms with Crippen LogP contribution in [0.25, 0.3) is 11.1 Å². The van der Waals surface area contributed by atoms with Crippen LogP contribution in [0.1, 0.15) is 76.0 Å². The van der Waals surface area contributed by atoms with E-state index in [0.717, 1.165) is 61.9 Å². The van der Waals surface area contributed by atoms with Crippen LogP contribution < -0.4 is 11.1 Å². The maximum absolute atomic E-state index is 13.2. The Balaban J connectivity index is 0.000000232. The summed E-state index contributed by atoms with van der Waals surface area (Å²) in [5.41, 5.74) is 5.13. The van der Waals surface area contributed by atoms with Crippen LogP contribution in [-0.4, -0.2) is 132 Å². The zero-order valence-electron chi connectivity index (χ0n) is 35.2. The summed E-state index contributed by atoms with van der Waals surface area (Å²) in [6.45, 7) is 11.2. The van der Waals surface area contributed by atoms with E-state index in [9.17, 15) is 28.8 Å². The van der Waals surface area contributed by atoms with Crippen molar-refractivity contribution in [3.63, 3.8) is 0 Å². The van der Waals surface area contributed by atoms with Crippen LogP contribution >= 0.6 is 0 Å². The molecule has 3 fully saturated rings. The lowest BCUT2D eigenvalue weighted by molar-refractivity contribution is -0.174. The van der Waals surface area contributed by atoms with Gasteiger partial charge in [0.05, 0.1) is 19.2 Å². The van der Waals surface area contributed by atoms with E-state index in [1.165, 1.54) is 19.6 Å². The average Bonchev–Trinajstić information content (AvgIpc) is 3.84. The number of benzene rings is 2. The standard InChI is InChI=1S/C27H37N3O8.C16H21N3O3/c1-5-35-27(34)37-18(4)36-25(32)21-7-6-10-30(21)20-8-11-29(12-9-20)24(31)17(3)14-19-13-16(2)23-22(15-19)38-26(33)28-23;1-22-16(21)18-9-7-13(8-10-18)19-11-6-12-4-2-3-5-14(12)17-15(19)20/h13,15,17-18,20-21H,5-12,14H2,1-4H3,(H,28,33);2-5,13H,6-11H2,1H3,(H,17,20)/t17-,18?,21-;/m1./s1. The van der Waals surface area contributed by atoms with Crippen LogP contribution in [0.15, 0.2) is 45.6 Å². The lowest BCUT2D eigenvalue weighted by Gasteiger charge is -2.39. The molecule has 0 spiro atoms. The van der Waals surface area contributed by atoms with Crippen LogP contribution in [0.2, 0.25) is 0 Å². The summed E-state index contributed by atoms with van der Waals surface area (Å²) >= 11 is 0. The summed E-state index contributed by atoms with van der Waals surface area (Å²) < 4.78 is 25.0. The molecule has 0 bridgehead atoms. The molecule has 5 heterocycles. The van der Waals surface area contributed by atoms with Gasteiger partial charge in [-0.3, -0.25) is 19.5 Å². The first-order valence-electron chi connectivity index (χ1n) is 21.0. The average molecular weight is 835 g/mol. The molecule has 0 aliphatic carbocycles. The number of nitrogens with one attached hydrogen (secondary N) is 2. The molecule has 326 valence electrons. The Morgan fingerprint density at radius 3 is 2.30 bits per heavy atom. The largest absolute Gasteiger partial charge is 0.511 e. The number of ether oxygens (including phenoxy) is 4. The Bertz CT molecular complexity index is 2050. The number of aryl methyl sites for hydroxylation is 1. The lowest BCUT2D eigenvalue weighted by Crippen LogP contribution is -2.51. The van der Waals surface area contributed by atoms with Gasteiger partial charge in [-0.25, -0.2) is 19.2 Å². The summed E-state index contributed by atoms with van der Waals surface area (Å²) in [4.78, 5) is 83.4. The molecule has 1 aromatic heterocycles. The fraction of sp³-hybridized carbons (Fsp3) is 0.581. The molecule has 60 heavy (non-hydrogen) atoms. The van der Waals surface area contributed by atoms with Crippen molar-refractivity contribution in [2.45, 2.75) is 103 Å². The number of hydrogen-bond acceptors (Lipinski definition) is 12. The minimum absolute atomic E-state index is 0.0403. The third-order valence-corrected chi connectivity index (χ3v) is 11.9. The topological polar surface area (TPSA) is 193 Å². The van der Waals surface area contributed by atoms with Gasteiger partial charge in [-0.1, -0.05) is 31.2 Å². The van der Waals surface area contributed by atoms with Gasteiger partial charge in [-0.2, -0.15) is 0 Å². The Morgan fingerprint density at radius 1 is 0.883 bits per heavy atom. The fourth-order valence-corrected chi connectivity index (χ4v) is 8.84. The van der Waals surface area contributed by atoms with Crippen LogP contribution in [0, 0.1) is 12.8 Å². The molecule has 17 nitrogen and oxygen atoms in total. The van der Waals surface area contributed by atoms with Gasteiger partial charge in [0.1, 0.15) is 6.04 Å². The SMILES string of the molecule is CCOC(=O)OC(C)OC(=O)[C@H]1CCCN1C1CCN(C(=O)[C@H](C)Cc2cc(C)c3[nH]c(=O)oc3c2)CC1.COC(=O)N1CCC(N2CCc3ccccc3NC2=O)CC1. The van der Waals surface area contributed by atoms with Gasteiger partial charge < -0.3 is 43.4 Å². The quantitative estimate of drug-likeness (QED) is 0.158. The van der Waals surface area contributed by atoms with Crippen molar-refractivity contribution in [3.05, 3.63) is 63.6 Å². The molecule has 4 amide bonds. The third-order valence-electron chi connectivity index (χ3n) is 11.9. The van der Waals surface area contributed by atoms with Crippen molar-refractivity contribution in [1.29, 1.82) is 0 Å². The van der Waals surface area contributed by atoms with Gasteiger partial charge in [0, 0.05) is 63.3 Å². The van der Waals surface area contributed by atoms with Gasteiger partial charge in [0.25, 0.3) is 0 Å². The van der Waals surface area contributed by atoms with Crippen LogP contribution in [0.3, 0.4) is 0 Å². The predicted octanol–water partition coefficient (Wildman–Crippen LogP) is 5.43. The van der Waals surface area contributed by atoms with Crippen molar-refractivity contribution in [2.24, 2.45) is 5.92 Å². The molecule has 7 rings (SSSR count). The molecule has 3 atom stereocenters. The Kier molecular flexibility index (Phi) is 14.7. The molecule has 17 heteroatoms. The first-order valence-corrected chi connectivity index (χ1v) is 21.0. The molecule has 4 aliphatic heterocycles. The van der Waals surface area contributed by atoms with E-state index in [-0.39, 0.29) is 48.7 Å². The number of carbonyl (C=O) groups excluding carboxylic acids is 5. The Labute approximate surface area is 349 Å². The summed E-state index contributed by atoms with van der Waals surface area (Å²) in [5.74, 6) is -1.01. The number of methoxy groups -OCH3 is 1. The highest BCUT2D eigenvalue weighted by atomic mass is 16.8. The van der Waals surface area contributed by atoms with Crippen LogP contribution in [0.4, 0.5) is 20.1 Å². The number of rotatable bonds is 9. The number of anilines is 1. The minimum Gasteiger partial charge on any atom is -0.453 e. The molecule has 0 saturated carbocycles. The molecular weight excluding hydrogens is 777 g/mol. The van der Waals surface area contributed by atoms with E-state index >= 15 is 0 Å². The van der Waals surface area contributed by atoms with Crippen molar-refractivity contribution in [2.75, 3.05) is 58.3 Å². The number of amides is 4. The number of H-pyrrole nitrogens is 1. The number of likely N-dealkylation sites (tertiary alicyclic amines) is 3. The molecule has 1 unspecified atom stereocenters. The summed E-state index contributed by atoms with van der Waals surface area (Å²) in [6.07, 6.45) is 3.93. The van der Waals surface area contributed by atoms with Crippen molar-refractivity contribution in [3.8, 4) is 0 Å². The molecule has 3 saturated heterocycles. The van der Waals surface area contributed by atoms with E-state index in [0.29, 0.717) is 56.7 Å². The highest BCUT2D eigenvalue weighted by Crippen LogP contribution is 2.29. The maximum atomic E-state index is 13.2. The first-order chi connectivity index (χ1) is 28.8. The molecule has 4 aliphatic rings. The second kappa shape index (κ2) is 20.1. The highest BCUT2D eigenvalue weighted by Gasteiger charge is 2.39. The number of urea groups is 1. The number of fused-ring (bicyclic) bond motifs is 2. The van der Waals surface area contributed by atoms with E-state index in [1.54, 1.807) is 11.8 Å². The number of hydrogen-bond donors (Lipinski definition) is 2. The number of oxazole rings is 1. The van der Waals surface area contributed by atoms with Crippen LogP contribution in [-0.2, 0) is 41.4 Å². The van der Waals surface area contributed by atoms with Gasteiger partial charge in [-0.05, 0) is 101 Å². The van der Waals surface area contributed by atoms with Crippen molar-refractivity contribution < 1.29 is 47.3 Å². The zero-order valence-corrected chi connectivity index (χ0v) is 35.2. The molecule has 2 aromatic carbocycles. The highest BCUT2D eigenvalue weighted by molar-refractivity contribution is 5.91. The zero-order chi connectivity index (χ0) is 42.9. The molecule has 0 radical (unpaired) electrons. The Morgan fingerprint density at radius 2 is 1.58 bits per heavy atom. The number of piperidine rings is 2. The van der Waals surface area contributed by atoms with Crippen LogP contribution in [0.5, 0.6) is 0 Å². The van der Waals surface area contributed by atoms with Gasteiger partial charge in [-0.15, -0.1) is 0 Å². The van der Waals surface area contributed by atoms with Crippen molar-refractivity contribution >= 4 is 46.9 Å². The lowest BCUT2D eigenvalue weighted by atomic mass is 9.96. The number of esters is 1. The van der Waals surface area contributed by atoms with E-state index in [1.807, 2.05) is 54.0 Å². The summed E-state index contributed by atoms with van der Waals surface area (Å²) in [6, 6.07) is 11.7. The first kappa shape index (κ1) is 44.0. The van der Waals surface area contributed by atoms with E-state index in [2.05, 4.69) is 21.3 Å². The molecular formula is C43H58N6O11. The smallest absolute Gasteiger partial charge is 0.453 e. The summed E-state index contributed by atoms with van der Waals surface area (Å²) in [7, 11) is 1.40. The number of aromatic nitrogens is 1. The van der Waals surface area contributed by atoms with Crippen molar-refractivity contribution in [1.82, 2.24) is 24.6 Å². The molecule has 3 aromatic rings. The maximum Gasteiger partial charge on any atom is 0.511 e. The van der Waals surface area contributed by atoms with E-state index < -0.39 is 24.2 Å². The summed E-state index contributed by atoms with van der Waals surface area (Å²) in [5, 5.41) is 3.00. The second-order valence-corrected chi connectivity index (χ2v) is 15.9. The predicted molar refractivity (Wildman–Crippen MR) is 220 cm³/mol. The molecule has 2 N–H and O–H groups in total. The second-order valence-electron chi connectivity index (χ2n) is 15.9. The minimum atomic E-state index is -1.03. The van der Waals surface area contributed by atoms with Gasteiger partial charge in [0.2, 0.25) is 12.2 Å². The number of carbonyl (C=O) groups is 5. The van der Waals surface area contributed by atoms with E-state index in [4.69, 9.17) is 23.4 Å². The number of para-hydroxylation sites is 1. The van der Waals surface area contributed by atoms with Gasteiger partial charge in [0.15, 0.2) is 5.58 Å². The fourth-order valence-electron chi connectivity index (χ4n) is 8.84. The number of aromatic amines is 1. The monoisotopic (exact) mass is 834 g/mol. The normalized spacial score (nSPS) is 19.9. The number of nitrogens with zero attached hydrogens (tertiary/aromatic N) is 4. The third kappa shape index (κ3) is 10.8. The van der Waals surface area contributed by atoms with Gasteiger partial charge >= 0.3 is 30.0 Å². The Hall–Kier alpha value is -5.58.